The summed E-state index contributed by atoms with van der Waals surface area (Å²) in [6.45, 7) is 1.96. The van der Waals surface area contributed by atoms with E-state index in [1.54, 1.807) is 11.9 Å². The van der Waals surface area contributed by atoms with Gasteiger partial charge in [0.2, 0.25) is 0 Å². The Morgan fingerprint density at radius 2 is 1.74 bits per heavy atom. The highest BCUT2D eigenvalue weighted by molar-refractivity contribution is 5.95. The molecule has 0 atom stereocenters. The molecule has 0 bridgehead atoms. The summed E-state index contributed by atoms with van der Waals surface area (Å²) in [6, 6.07) is 4.20. The number of hydrogen-bond donors (Lipinski definition) is 2. The zero-order valence-electron chi connectivity index (χ0n) is 11.3. The normalized spacial score (nSPS) is 17.4. The number of carbonyl (C=O) groups is 1. The van der Waals surface area contributed by atoms with Crippen LogP contribution in [0.25, 0.3) is 0 Å². The first-order chi connectivity index (χ1) is 8.97. The van der Waals surface area contributed by atoms with Gasteiger partial charge in [0.1, 0.15) is 11.5 Å². The Bertz CT molecular complexity index is 448. The van der Waals surface area contributed by atoms with Gasteiger partial charge in [-0.2, -0.15) is 0 Å². The summed E-state index contributed by atoms with van der Waals surface area (Å²) in [5, 5.41) is 18.9. The molecule has 0 aromatic heterocycles. The van der Waals surface area contributed by atoms with E-state index >= 15 is 0 Å². The fourth-order valence-corrected chi connectivity index (χ4v) is 2.47. The lowest BCUT2D eigenvalue weighted by Crippen LogP contribution is -2.44. The molecule has 1 aromatic carbocycles. The number of amides is 1. The number of carbonyl (C=O) groups excluding carboxylic acids is 1. The molecule has 2 rings (SSSR count). The second-order valence-electron chi connectivity index (χ2n) is 5.19. The van der Waals surface area contributed by atoms with Crippen molar-refractivity contribution in [3.05, 3.63) is 23.8 Å². The van der Waals surface area contributed by atoms with Crippen LogP contribution in [-0.4, -0.2) is 59.1 Å². The zero-order chi connectivity index (χ0) is 14.0. The number of hydrogen-bond acceptors (Lipinski definition) is 4. The molecule has 0 aliphatic carbocycles. The summed E-state index contributed by atoms with van der Waals surface area (Å²) >= 11 is 0. The lowest BCUT2D eigenvalue weighted by atomic mass is 10.0. The van der Waals surface area contributed by atoms with Crippen molar-refractivity contribution in [3.8, 4) is 11.5 Å². The van der Waals surface area contributed by atoms with Gasteiger partial charge in [-0.1, -0.05) is 0 Å². The number of likely N-dealkylation sites (tertiary alicyclic amines) is 1. The van der Waals surface area contributed by atoms with Gasteiger partial charge in [-0.05, 0) is 45.1 Å². The lowest BCUT2D eigenvalue weighted by molar-refractivity contribution is 0.0659. The van der Waals surface area contributed by atoms with Crippen molar-refractivity contribution in [2.45, 2.75) is 18.9 Å². The van der Waals surface area contributed by atoms with Crippen LogP contribution in [0.1, 0.15) is 23.2 Å². The summed E-state index contributed by atoms with van der Waals surface area (Å²) in [5.74, 6) is -0.360. The van der Waals surface area contributed by atoms with Crippen molar-refractivity contribution in [3.63, 3.8) is 0 Å². The van der Waals surface area contributed by atoms with E-state index in [4.69, 9.17) is 0 Å². The minimum Gasteiger partial charge on any atom is -0.508 e. The number of phenolic OH excluding ortho intramolecular Hbond substituents is 2. The van der Waals surface area contributed by atoms with Crippen LogP contribution in [0.4, 0.5) is 0 Å². The van der Waals surface area contributed by atoms with Gasteiger partial charge in [0.25, 0.3) is 5.91 Å². The number of piperidine rings is 1. The van der Waals surface area contributed by atoms with Crippen LogP contribution in [0.2, 0.25) is 0 Å². The van der Waals surface area contributed by atoms with E-state index in [2.05, 4.69) is 11.9 Å². The van der Waals surface area contributed by atoms with E-state index in [0.717, 1.165) is 25.9 Å². The molecular formula is C14H20N2O3. The van der Waals surface area contributed by atoms with Crippen LogP contribution < -0.4 is 0 Å². The predicted octanol–water partition coefficient (Wildman–Crippen LogP) is 1.26. The van der Waals surface area contributed by atoms with Crippen LogP contribution >= 0.6 is 0 Å². The van der Waals surface area contributed by atoms with Crippen molar-refractivity contribution in [2.24, 2.45) is 0 Å². The number of benzene rings is 1. The number of rotatable bonds is 2. The lowest BCUT2D eigenvalue weighted by Gasteiger charge is -2.35. The third-order valence-electron chi connectivity index (χ3n) is 3.71. The van der Waals surface area contributed by atoms with Crippen molar-refractivity contribution >= 4 is 5.91 Å². The minimum atomic E-state index is -0.166. The maximum Gasteiger partial charge on any atom is 0.254 e. The molecule has 1 saturated heterocycles. The molecular weight excluding hydrogens is 244 g/mol. The van der Waals surface area contributed by atoms with Gasteiger partial charge in [-0.3, -0.25) is 4.79 Å². The highest BCUT2D eigenvalue weighted by Crippen LogP contribution is 2.23. The molecule has 1 amide bonds. The Morgan fingerprint density at radius 1 is 1.21 bits per heavy atom. The molecule has 1 aliphatic rings. The summed E-state index contributed by atoms with van der Waals surface area (Å²) in [5.41, 5.74) is 0.318. The van der Waals surface area contributed by atoms with Crippen LogP contribution in [0.3, 0.4) is 0 Å². The second kappa shape index (κ2) is 5.48. The average Bonchev–Trinajstić information content (AvgIpc) is 2.37. The standard InChI is InChI=1S/C14H20N2O3/c1-15-5-3-11(4-6-15)16(2)14(19)10-7-12(17)9-13(18)8-10/h7-9,11,17-18H,3-6H2,1-2H3. The Morgan fingerprint density at radius 3 is 2.26 bits per heavy atom. The molecule has 5 heteroatoms. The minimum absolute atomic E-state index is 0.0971. The van der Waals surface area contributed by atoms with E-state index in [9.17, 15) is 15.0 Å². The van der Waals surface area contributed by atoms with Gasteiger partial charge in [-0.25, -0.2) is 0 Å². The predicted molar refractivity (Wildman–Crippen MR) is 72.4 cm³/mol. The van der Waals surface area contributed by atoms with E-state index in [1.807, 2.05) is 0 Å². The quantitative estimate of drug-likeness (QED) is 0.844. The number of nitrogens with zero attached hydrogens (tertiary/aromatic N) is 2. The molecule has 0 unspecified atom stereocenters. The Hall–Kier alpha value is -1.75. The van der Waals surface area contributed by atoms with Crippen LogP contribution in [0, 0.1) is 0 Å². The first-order valence-corrected chi connectivity index (χ1v) is 6.46. The Balaban J connectivity index is 2.10. The fourth-order valence-electron chi connectivity index (χ4n) is 2.47. The molecule has 1 heterocycles. The average molecular weight is 264 g/mol. The zero-order valence-corrected chi connectivity index (χ0v) is 11.3. The largest absolute Gasteiger partial charge is 0.508 e. The van der Waals surface area contributed by atoms with Gasteiger partial charge < -0.3 is 20.0 Å². The first kappa shape index (κ1) is 13.7. The molecule has 1 aromatic rings. The molecule has 0 radical (unpaired) electrons. The van der Waals surface area contributed by atoms with E-state index in [0.29, 0.717) is 5.56 Å². The Kier molecular flexibility index (Phi) is 3.95. The smallest absolute Gasteiger partial charge is 0.254 e. The molecule has 5 nitrogen and oxygen atoms in total. The highest BCUT2D eigenvalue weighted by Gasteiger charge is 2.25. The van der Waals surface area contributed by atoms with E-state index in [-0.39, 0.29) is 23.4 Å². The van der Waals surface area contributed by atoms with Gasteiger partial charge in [0.05, 0.1) is 0 Å². The first-order valence-electron chi connectivity index (χ1n) is 6.46. The van der Waals surface area contributed by atoms with Gasteiger partial charge >= 0.3 is 0 Å². The van der Waals surface area contributed by atoms with Crippen LogP contribution in [-0.2, 0) is 0 Å². The van der Waals surface area contributed by atoms with Crippen molar-refractivity contribution in [2.75, 3.05) is 27.2 Å². The molecule has 1 fully saturated rings. The molecule has 19 heavy (non-hydrogen) atoms. The molecule has 104 valence electrons. The number of aromatic hydroxyl groups is 2. The van der Waals surface area contributed by atoms with Gasteiger partial charge in [0, 0.05) is 24.7 Å². The maximum atomic E-state index is 12.3. The molecule has 1 aliphatic heterocycles. The van der Waals surface area contributed by atoms with Gasteiger partial charge in [0.15, 0.2) is 0 Å². The molecule has 0 saturated carbocycles. The molecule has 2 N–H and O–H groups in total. The van der Waals surface area contributed by atoms with Crippen molar-refractivity contribution in [1.29, 1.82) is 0 Å². The van der Waals surface area contributed by atoms with Crippen molar-refractivity contribution < 1.29 is 15.0 Å². The molecule has 0 spiro atoms. The summed E-state index contributed by atoms with van der Waals surface area (Å²) in [4.78, 5) is 16.3. The van der Waals surface area contributed by atoms with Crippen LogP contribution in [0.15, 0.2) is 18.2 Å². The summed E-state index contributed by atoms with van der Waals surface area (Å²) in [6.07, 6.45) is 1.90. The maximum absolute atomic E-state index is 12.3. The topological polar surface area (TPSA) is 64.0 Å². The third-order valence-corrected chi connectivity index (χ3v) is 3.71. The summed E-state index contributed by atoms with van der Waals surface area (Å²) in [7, 11) is 3.85. The SMILES string of the molecule is CN1CCC(N(C)C(=O)c2cc(O)cc(O)c2)CC1. The van der Waals surface area contributed by atoms with Gasteiger partial charge in [-0.15, -0.1) is 0 Å². The highest BCUT2D eigenvalue weighted by atomic mass is 16.3. The summed E-state index contributed by atoms with van der Waals surface area (Å²) < 4.78 is 0. The van der Waals surface area contributed by atoms with Crippen molar-refractivity contribution in [1.82, 2.24) is 9.80 Å². The van der Waals surface area contributed by atoms with Crippen LogP contribution in [0.5, 0.6) is 11.5 Å². The second-order valence-corrected chi connectivity index (χ2v) is 5.19. The third kappa shape index (κ3) is 3.17. The number of phenols is 2. The van der Waals surface area contributed by atoms with E-state index < -0.39 is 0 Å². The fraction of sp³-hybridized carbons (Fsp3) is 0.500. The Labute approximate surface area is 113 Å². The van der Waals surface area contributed by atoms with E-state index in [1.165, 1.54) is 18.2 Å². The monoisotopic (exact) mass is 264 g/mol.